The van der Waals surface area contributed by atoms with Crippen molar-refractivity contribution < 1.29 is 0 Å². The Morgan fingerprint density at radius 1 is 1.44 bits per heavy atom. The van der Waals surface area contributed by atoms with Crippen LogP contribution in [0.5, 0.6) is 0 Å². The van der Waals surface area contributed by atoms with Crippen molar-refractivity contribution in [1.82, 2.24) is 4.98 Å². The summed E-state index contributed by atoms with van der Waals surface area (Å²) in [6.45, 7) is 4.64. The van der Waals surface area contributed by atoms with Gasteiger partial charge in [0.1, 0.15) is 10.8 Å². The van der Waals surface area contributed by atoms with Crippen molar-refractivity contribution in [2.45, 2.75) is 39.2 Å². The highest BCUT2D eigenvalue weighted by atomic mass is 32.1. The van der Waals surface area contributed by atoms with Crippen molar-refractivity contribution in [1.29, 1.82) is 0 Å². The third kappa shape index (κ3) is 3.19. The maximum absolute atomic E-state index is 5.64. The maximum atomic E-state index is 5.64. The van der Waals surface area contributed by atoms with Gasteiger partial charge in [0.15, 0.2) is 0 Å². The molecule has 0 aliphatic heterocycles. The van der Waals surface area contributed by atoms with Crippen molar-refractivity contribution in [2.75, 3.05) is 5.32 Å². The first-order valence-electron chi connectivity index (χ1n) is 6.58. The van der Waals surface area contributed by atoms with E-state index in [-0.39, 0.29) is 0 Å². The zero-order valence-electron chi connectivity index (χ0n) is 11.0. The van der Waals surface area contributed by atoms with Gasteiger partial charge in [0.05, 0.1) is 0 Å². The van der Waals surface area contributed by atoms with Gasteiger partial charge in [-0.05, 0) is 43.2 Å². The number of nitrogens with zero attached hydrogens (tertiary/aromatic N) is 1. The SMILES string of the molecule is CC1CCC(Nc2cc(C(N)=S)ccn2)C(C)C1. The molecule has 4 heteroatoms. The second-order valence-corrected chi connectivity index (χ2v) is 5.88. The smallest absolute Gasteiger partial charge is 0.126 e. The third-order valence-electron chi connectivity index (χ3n) is 3.81. The van der Waals surface area contributed by atoms with Crippen LogP contribution in [0.25, 0.3) is 0 Å². The number of anilines is 1. The molecule has 3 unspecified atom stereocenters. The van der Waals surface area contributed by atoms with Gasteiger partial charge in [0, 0.05) is 17.8 Å². The standard InChI is InChI=1S/C14H21N3S/c1-9-3-4-12(10(2)7-9)17-13-8-11(14(15)18)5-6-16-13/h5-6,8-10,12H,3-4,7H2,1-2H3,(H2,15,18)(H,16,17). The van der Waals surface area contributed by atoms with Crippen molar-refractivity contribution in [2.24, 2.45) is 17.6 Å². The summed E-state index contributed by atoms with van der Waals surface area (Å²) in [5.74, 6) is 2.41. The van der Waals surface area contributed by atoms with Crippen LogP contribution in [-0.4, -0.2) is 16.0 Å². The third-order valence-corrected chi connectivity index (χ3v) is 4.04. The van der Waals surface area contributed by atoms with Crippen LogP contribution in [0.1, 0.15) is 38.7 Å². The molecule has 0 spiro atoms. The number of hydrogen-bond acceptors (Lipinski definition) is 3. The summed E-state index contributed by atoms with van der Waals surface area (Å²) in [5, 5.41) is 3.52. The molecule has 0 bridgehead atoms. The molecule has 1 fully saturated rings. The Morgan fingerprint density at radius 2 is 2.22 bits per heavy atom. The van der Waals surface area contributed by atoms with E-state index in [2.05, 4.69) is 24.1 Å². The van der Waals surface area contributed by atoms with Gasteiger partial charge in [-0.2, -0.15) is 0 Å². The molecule has 0 saturated heterocycles. The molecule has 98 valence electrons. The Balaban J connectivity index is 2.05. The van der Waals surface area contributed by atoms with E-state index >= 15 is 0 Å². The number of pyridine rings is 1. The van der Waals surface area contributed by atoms with Crippen molar-refractivity contribution >= 4 is 23.0 Å². The normalized spacial score (nSPS) is 27.8. The second kappa shape index (κ2) is 5.65. The highest BCUT2D eigenvalue weighted by Crippen LogP contribution is 2.30. The van der Waals surface area contributed by atoms with Crippen LogP contribution >= 0.6 is 12.2 Å². The van der Waals surface area contributed by atoms with Crippen LogP contribution in [0.15, 0.2) is 18.3 Å². The molecule has 0 amide bonds. The minimum Gasteiger partial charge on any atom is -0.389 e. The van der Waals surface area contributed by atoms with Gasteiger partial charge in [-0.25, -0.2) is 4.98 Å². The van der Waals surface area contributed by atoms with Gasteiger partial charge < -0.3 is 11.1 Å². The Morgan fingerprint density at radius 3 is 2.89 bits per heavy atom. The van der Waals surface area contributed by atoms with Crippen LogP contribution in [-0.2, 0) is 0 Å². The zero-order chi connectivity index (χ0) is 13.1. The minimum atomic E-state index is 0.422. The molecule has 1 aliphatic carbocycles. The Hall–Kier alpha value is -1.16. The lowest BCUT2D eigenvalue weighted by Crippen LogP contribution is -2.33. The van der Waals surface area contributed by atoms with Crippen LogP contribution in [0, 0.1) is 11.8 Å². The second-order valence-electron chi connectivity index (χ2n) is 5.44. The molecule has 0 radical (unpaired) electrons. The molecule has 1 saturated carbocycles. The quantitative estimate of drug-likeness (QED) is 0.823. The van der Waals surface area contributed by atoms with Crippen LogP contribution < -0.4 is 11.1 Å². The van der Waals surface area contributed by atoms with Gasteiger partial charge in [-0.1, -0.05) is 26.1 Å². The summed E-state index contributed by atoms with van der Waals surface area (Å²) in [6.07, 6.45) is 5.54. The molecule has 1 aromatic heterocycles. The number of hydrogen-bond donors (Lipinski definition) is 2. The zero-order valence-corrected chi connectivity index (χ0v) is 11.8. The Bertz CT molecular complexity index is 433. The first-order valence-corrected chi connectivity index (χ1v) is 6.99. The highest BCUT2D eigenvalue weighted by molar-refractivity contribution is 7.80. The topological polar surface area (TPSA) is 50.9 Å². The first kappa shape index (κ1) is 13.3. The first-order chi connectivity index (χ1) is 8.56. The number of thiocarbonyl (C=S) groups is 1. The molecule has 3 nitrogen and oxygen atoms in total. The predicted octanol–water partition coefficient (Wildman–Crippen LogP) is 2.95. The van der Waals surface area contributed by atoms with E-state index < -0.39 is 0 Å². The van der Waals surface area contributed by atoms with Gasteiger partial charge in [0.2, 0.25) is 0 Å². The highest BCUT2D eigenvalue weighted by Gasteiger charge is 2.25. The summed E-state index contributed by atoms with van der Waals surface area (Å²) in [4.78, 5) is 4.77. The minimum absolute atomic E-state index is 0.422. The van der Waals surface area contributed by atoms with E-state index in [1.165, 1.54) is 19.3 Å². The lowest BCUT2D eigenvalue weighted by Gasteiger charge is -2.33. The largest absolute Gasteiger partial charge is 0.389 e. The lowest BCUT2D eigenvalue weighted by molar-refractivity contribution is 0.276. The average molecular weight is 263 g/mol. The van der Waals surface area contributed by atoms with Gasteiger partial charge in [0.25, 0.3) is 0 Å². The van der Waals surface area contributed by atoms with Crippen molar-refractivity contribution in [3.63, 3.8) is 0 Å². The summed E-state index contributed by atoms with van der Waals surface area (Å²) < 4.78 is 0. The molecule has 3 N–H and O–H groups in total. The molecular formula is C14H21N3S. The molecule has 0 aromatic carbocycles. The molecule has 1 heterocycles. The number of rotatable bonds is 3. The van der Waals surface area contributed by atoms with Gasteiger partial charge in [-0.15, -0.1) is 0 Å². The summed E-state index contributed by atoms with van der Waals surface area (Å²) in [7, 11) is 0. The van der Waals surface area contributed by atoms with Crippen molar-refractivity contribution in [3.05, 3.63) is 23.9 Å². The van der Waals surface area contributed by atoms with Crippen molar-refractivity contribution in [3.8, 4) is 0 Å². The summed E-state index contributed by atoms with van der Waals surface area (Å²) in [6, 6.07) is 4.29. The molecular weight excluding hydrogens is 242 g/mol. The monoisotopic (exact) mass is 263 g/mol. The Kier molecular flexibility index (Phi) is 4.17. The van der Waals surface area contributed by atoms with E-state index in [0.29, 0.717) is 16.9 Å². The molecule has 1 aliphatic rings. The predicted molar refractivity (Wildman–Crippen MR) is 79.7 cm³/mol. The number of aromatic nitrogens is 1. The van der Waals surface area contributed by atoms with Crippen LogP contribution in [0.2, 0.25) is 0 Å². The summed E-state index contributed by atoms with van der Waals surface area (Å²) >= 11 is 4.99. The number of nitrogens with two attached hydrogens (primary N) is 1. The average Bonchev–Trinajstić information content (AvgIpc) is 2.33. The molecule has 2 rings (SSSR count). The van der Waals surface area contributed by atoms with Crippen LogP contribution in [0.3, 0.4) is 0 Å². The fourth-order valence-electron chi connectivity index (χ4n) is 2.73. The van der Waals surface area contributed by atoms with E-state index in [9.17, 15) is 0 Å². The Labute approximate surface area is 114 Å². The van der Waals surface area contributed by atoms with E-state index in [4.69, 9.17) is 18.0 Å². The fourth-order valence-corrected chi connectivity index (χ4v) is 2.86. The van der Waals surface area contributed by atoms with E-state index in [1.54, 1.807) is 6.20 Å². The fraction of sp³-hybridized carbons (Fsp3) is 0.571. The van der Waals surface area contributed by atoms with Crippen LogP contribution in [0.4, 0.5) is 5.82 Å². The van der Waals surface area contributed by atoms with Gasteiger partial charge in [-0.3, -0.25) is 0 Å². The summed E-state index contributed by atoms with van der Waals surface area (Å²) in [5.41, 5.74) is 6.51. The van der Waals surface area contributed by atoms with E-state index in [1.807, 2.05) is 12.1 Å². The number of nitrogens with one attached hydrogen (secondary N) is 1. The molecule has 1 aromatic rings. The maximum Gasteiger partial charge on any atom is 0.126 e. The van der Waals surface area contributed by atoms with Gasteiger partial charge >= 0.3 is 0 Å². The lowest BCUT2D eigenvalue weighted by atomic mass is 9.80. The molecule has 18 heavy (non-hydrogen) atoms. The van der Waals surface area contributed by atoms with E-state index in [0.717, 1.165) is 17.3 Å². The molecule has 3 atom stereocenters.